The van der Waals surface area contributed by atoms with Gasteiger partial charge in [-0.25, -0.2) is 9.07 Å². The average Bonchev–Trinajstić information content (AvgIpc) is 3.30. The number of hydrogen-bond donors (Lipinski definition) is 0. The molecule has 1 aliphatic rings. The lowest BCUT2D eigenvalue weighted by Crippen LogP contribution is -2.48. The van der Waals surface area contributed by atoms with Crippen molar-refractivity contribution in [1.29, 1.82) is 0 Å². The molecule has 6 nitrogen and oxygen atoms in total. The molecule has 4 aromatic rings. The maximum absolute atomic E-state index is 15.0. The zero-order chi connectivity index (χ0) is 21.8. The molecule has 1 atom stereocenters. The summed E-state index contributed by atoms with van der Waals surface area (Å²) in [6, 6.07) is 27.0. The van der Waals surface area contributed by atoms with Crippen LogP contribution < -0.4 is 4.90 Å². The van der Waals surface area contributed by atoms with Crippen LogP contribution in [0.2, 0.25) is 0 Å². The molecule has 1 unspecified atom stereocenters. The van der Waals surface area contributed by atoms with Crippen molar-refractivity contribution in [2.75, 3.05) is 31.1 Å². The molecule has 2 heterocycles. The lowest BCUT2D eigenvalue weighted by molar-refractivity contribution is 0.198. The third-order valence-electron chi connectivity index (χ3n) is 5.98. The maximum Gasteiger partial charge on any atom is 0.173 e. The minimum absolute atomic E-state index is 0.239. The Morgan fingerprint density at radius 2 is 1.44 bits per heavy atom. The lowest BCUT2D eigenvalue weighted by atomic mass is 10.0. The van der Waals surface area contributed by atoms with Crippen LogP contribution in [0.5, 0.6) is 0 Å². The summed E-state index contributed by atoms with van der Waals surface area (Å²) in [4.78, 5) is 4.65. The normalized spacial score (nSPS) is 15.6. The Kier molecular flexibility index (Phi) is 5.89. The van der Waals surface area contributed by atoms with Gasteiger partial charge in [-0.15, -0.1) is 5.10 Å². The molecular weight excluding hydrogens is 403 g/mol. The fourth-order valence-electron chi connectivity index (χ4n) is 4.35. The number of hydrogen-bond acceptors (Lipinski definition) is 5. The molecule has 162 valence electrons. The van der Waals surface area contributed by atoms with Crippen LogP contribution in [0.4, 0.5) is 10.1 Å². The average molecular weight is 429 g/mol. The summed E-state index contributed by atoms with van der Waals surface area (Å²) in [6.07, 6.45) is 0. The van der Waals surface area contributed by atoms with E-state index in [0.717, 1.165) is 31.7 Å². The van der Waals surface area contributed by atoms with Gasteiger partial charge >= 0.3 is 0 Å². The molecule has 0 bridgehead atoms. The monoisotopic (exact) mass is 428 g/mol. The molecule has 0 amide bonds. The predicted molar refractivity (Wildman–Crippen MR) is 122 cm³/mol. The van der Waals surface area contributed by atoms with Gasteiger partial charge in [0.15, 0.2) is 5.82 Å². The summed E-state index contributed by atoms with van der Waals surface area (Å²) in [5.41, 5.74) is 2.91. The Hall–Kier alpha value is -3.58. The van der Waals surface area contributed by atoms with E-state index in [1.807, 2.05) is 48.5 Å². The number of para-hydroxylation sites is 1. The summed E-state index contributed by atoms with van der Waals surface area (Å²) in [7, 11) is 0. The highest BCUT2D eigenvalue weighted by atomic mass is 19.1. The fourth-order valence-corrected chi connectivity index (χ4v) is 4.35. The van der Waals surface area contributed by atoms with Crippen LogP contribution in [-0.2, 0) is 6.54 Å². The molecule has 0 spiro atoms. The predicted octanol–water partition coefficient (Wildman–Crippen LogP) is 3.77. The minimum Gasteiger partial charge on any atom is -0.369 e. The van der Waals surface area contributed by atoms with E-state index in [-0.39, 0.29) is 11.9 Å². The molecule has 1 aliphatic heterocycles. The Morgan fingerprint density at radius 3 is 2.16 bits per heavy atom. The molecule has 1 fully saturated rings. The van der Waals surface area contributed by atoms with Crippen molar-refractivity contribution in [3.63, 3.8) is 0 Å². The van der Waals surface area contributed by atoms with Gasteiger partial charge in [0.25, 0.3) is 0 Å². The van der Waals surface area contributed by atoms with Crippen molar-refractivity contribution in [3.8, 4) is 0 Å². The van der Waals surface area contributed by atoms with Crippen LogP contribution in [0.25, 0.3) is 0 Å². The topological polar surface area (TPSA) is 50.1 Å². The van der Waals surface area contributed by atoms with E-state index in [4.69, 9.17) is 0 Å². The second-order valence-electron chi connectivity index (χ2n) is 7.96. The van der Waals surface area contributed by atoms with E-state index >= 15 is 0 Å². The minimum atomic E-state index is -0.354. The van der Waals surface area contributed by atoms with Crippen LogP contribution >= 0.6 is 0 Å². The van der Waals surface area contributed by atoms with E-state index in [0.29, 0.717) is 17.9 Å². The first-order valence-corrected chi connectivity index (χ1v) is 10.9. The number of halogens is 1. The van der Waals surface area contributed by atoms with Gasteiger partial charge in [-0.1, -0.05) is 66.7 Å². The highest BCUT2D eigenvalue weighted by Gasteiger charge is 2.32. The second-order valence-corrected chi connectivity index (χ2v) is 7.96. The number of anilines is 1. The number of tetrazole rings is 1. The summed E-state index contributed by atoms with van der Waals surface area (Å²) in [5, 5.41) is 12.6. The number of rotatable bonds is 6. The molecule has 3 aromatic carbocycles. The van der Waals surface area contributed by atoms with Gasteiger partial charge in [0.1, 0.15) is 11.9 Å². The van der Waals surface area contributed by atoms with E-state index in [2.05, 4.69) is 49.6 Å². The lowest BCUT2D eigenvalue weighted by Gasteiger charge is -2.40. The van der Waals surface area contributed by atoms with Gasteiger partial charge in [0.2, 0.25) is 0 Å². The van der Waals surface area contributed by atoms with E-state index in [1.165, 1.54) is 11.8 Å². The Morgan fingerprint density at radius 1 is 0.781 bits per heavy atom. The van der Waals surface area contributed by atoms with Gasteiger partial charge in [-0.3, -0.25) is 4.90 Å². The SMILES string of the molecule is Fc1ccccc1C(c1nnnn1Cc1ccccc1)N1CCN(c2ccccc2)CC1. The van der Waals surface area contributed by atoms with Gasteiger partial charge in [0, 0.05) is 37.4 Å². The summed E-state index contributed by atoms with van der Waals surface area (Å²) in [6.45, 7) is 3.82. The van der Waals surface area contributed by atoms with Gasteiger partial charge < -0.3 is 4.90 Å². The molecule has 0 saturated carbocycles. The third kappa shape index (κ3) is 4.24. The number of piperazine rings is 1. The van der Waals surface area contributed by atoms with Crippen LogP contribution in [0.3, 0.4) is 0 Å². The first-order valence-electron chi connectivity index (χ1n) is 10.9. The van der Waals surface area contributed by atoms with Crippen molar-refractivity contribution in [1.82, 2.24) is 25.1 Å². The smallest absolute Gasteiger partial charge is 0.173 e. The van der Waals surface area contributed by atoms with Crippen molar-refractivity contribution in [2.24, 2.45) is 0 Å². The molecule has 7 heteroatoms. The van der Waals surface area contributed by atoms with E-state index in [9.17, 15) is 4.39 Å². The van der Waals surface area contributed by atoms with Gasteiger partial charge in [-0.05, 0) is 34.2 Å². The second kappa shape index (κ2) is 9.28. The highest BCUT2D eigenvalue weighted by Crippen LogP contribution is 2.31. The number of nitrogens with zero attached hydrogens (tertiary/aromatic N) is 6. The Labute approximate surface area is 186 Å². The Balaban J connectivity index is 1.45. The summed E-state index contributed by atoms with van der Waals surface area (Å²) >= 11 is 0. The first-order chi connectivity index (χ1) is 15.8. The highest BCUT2D eigenvalue weighted by molar-refractivity contribution is 5.46. The molecule has 1 aromatic heterocycles. The summed E-state index contributed by atoms with van der Waals surface area (Å²) < 4.78 is 16.8. The molecule has 0 aliphatic carbocycles. The Bertz CT molecular complexity index is 1140. The standard InChI is InChI=1S/C25H25FN6/c26-23-14-8-7-13-22(23)24(25-27-28-29-32(25)19-20-9-3-1-4-10-20)31-17-15-30(16-18-31)21-11-5-2-6-12-21/h1-14,24H,15-19H2. The quantitative estimate of drug-likeness (QED) is 0.468. The van der Waals surface area contributed by atoms with Crippen molar-refractivity contribution >= 4 is 5.69 Å². The fraction of sp³-hybridized carbons (Fsp3) is 0.240. The zero-order valence-electron chi connectivity index (χ0n) is 17.8. The van der Waals surface area contributed by atoms with Crippen LogP contribution in [0.1, 0.15) is 23.0 Å². The molecular formula is C25H25FN6. The van der Waals surface area contributed by atoms with E-state index in [1.54, 1.807) is 10.7 Å². The number of benzene rings is 3. The summed E-state index contributed by atoms with van der Waals surface area (Å²) in [5.74, 6) is 0.421. The molecule has 0 radical (unpaired) electrons. The van der Waals surface area contributed by atoms with Gasteiger partial charge in [-0.2, -0.15) is 0 Å². The molecule has 5 rings (SSSR count). The van der Waals surface area contributed by atoms with Crippen molar-refractivity contribution in [2.45, 2.75) is 12.6 Å². The first kappa shape index (κ1) is 20.3. The van der Waals surface area contributed by atoms with Crippen LogP contribution in [0.15, 0.2) is 84.9 Å². The van der Waals surface area contributed by atoms with Crippen LogP contribution in [-0.4, -0.2) is 51.3 Å². The zero-order valence-corrected chi connectivity index (χ0v) is 17.8. The number of aromatic nitrogens is 4. The van der Waals surface area contributed by atoms with Crippen molar-refractivity contribution < 1.29 is 4.39 Å². The maximum atomic E-state index is 15.0. The largest absolute Gasteiger partial charge is 0.369 e. The van der Waals surface area contributed by atoms with Crippen LogP contribution in [0, 0.1) is 5.82 Å². The van der Waals surface area contributed by atoms with E-state index < -0.39 is 0 Å². The molecule has 1 saturated heterocycles. The van der Waals surface area contributed by atoms with Crippen molar-refractivity contribution in [3.05, 3.63) is 108 Å². The van der Waals surface area contributed by atoms with Gasteiger partial charge in [0.05, 0.1) is 6.54 Å². The molecule has 0 N–H and O–H groups in total. The third-order valence-corrected chi connectivity index (χ3v) is 5.98. The molecule has 32 heavy (non-hydrogen) atoms.